The zero-order valence-electron chi connectivity index (χ0n) is 8.94. The van der Waals surface area contributed by atoms with Crippen LogP contribution in [0.15, 0.2) is 29.6 Å². The number of nitrogens with zero attached hydrogens (tertiary/aromatic N) is 3. The molecule has 0 radical (unpaired) electrons. The zero-order valence-corrected chi connectivity index (χ0v) is 9.76. The molecule has 0 atom stereocenters. The van der Waals surface area contributed by atoms with Crippen LogP contribution in [0.1, 0.15) is 12.8 Å². The third-order valence-corrected chi connectivity index (χ3v) is 3.16. The van der Waals surface area contributed by atoms with E-state index < -0.39 is 0 Å². The van der Waals surface area contributed by atoms with Crippen molar-refractivity contribution < 1.29 is 0 Å². The van der Waals surface area contributed by atoms with Gasteiger partial charge in [-0.15, -0.1) is 0 Å². The van der Waals surface area contributed by atoms with Gasteiger partial charge in [-0.1, -0.05) is 23.9 Å². The van der Waals surface area contributed by atoms with Crippen LogP contribution in [0.3, 0.4) is 0 Å². The van der Waals surface area contributed by atoms with Gasteiger partial charge in [0.05, 0.1) is 0 Å². The van der Waals surface area contributed by atoms with E-state index in [9.17, 15) is 0 Å². The van der Waals surface area contributed by atoms with Crippen molar-refractivity contribution in [2.45, 2.75) is 18.0 Å². The molecular formula is C11H15N3S. The molecule has 15 heavy (non-hydrogen) atoms. The van der Waals surface area contributed by atoms with Gasteiger partial charge in [0.1, 0.15) is 5.82 Å². The fourth-order valence-corrected chi connectivity index (χ4v) is 2.01. The minimum atomic E-state index is 0.844. The Bertz CT molecular complexity index is 355. The minimum Gasteiger partial charge on any atom is -0.356 e. The lowest BCUT2D eigenvalue weighted by atomic mass is 10.1. The van der Waals surface area contributed by atoms with Crippen LogP contribution in [0.2, 0.25) is 0 Å². The summed E-state index contributed by atoms with van der Waals surface area (Å²) < 4.78 is 0. The third-order valence-electron chi connectivity index (χ3n) is 2.60. The van der Waals surface area contributed by atoms with Crippen molar-refractivity contribution in [1.29, 1.82) is 0 Å². The lowest BCUT2D eigenvalue weighted by Gasteiger charge is -2.28. The average molecular weight is 221 g/mol. The first-order chi connectivity index (χ1) is 7.29. The van der Waals surface area contributed by atoms with Gasteiger partial charge in [0.25, 0.3) is 0 Å². The van der Waals surface area contributed by atoms with Crippen molar-refractivity contribution >= 4 is 17.6 Å². The third kappa shape index (κ3) is 2.50. The van der Waals surface area contributed by atoms with Crippen LogP contribution < -0.4 is 4.90 Å². The Kier molecular flexibility index (Phi) is 3.26. The molecule has 4 heteroatoms. The van der Waals surface area contributed by atoms with Gasteiger partial charge in [0.15, 0.2) is 5.16 Å². The van der Waals surface area contributed by atoms with E-state index in [4.69, 9.17) is 0 Å². The predicted molar refractivity (Wildman–Crippen MR) is 64.4 cm³/mol. The van der Waals surface area contributed by atoms with Crippen LogP contribution >= 0.6 is 11.8 Å². The number of anilines is 1. The fourth-order valence-electron chi connectivity index (χ4n) is 1.66. The van der Waals surface area contributed by atoms with Crippen LogP contribution in [-0.4, -0.2) is 29.3 Å². The standard InChI is InChI=1S/C11H15N3S/c1-9-4-7-14(8-5-9)10-3-6-12-11(13-10)15-2/h3,6H,1,4-5,7-8H2,2H3. The first-order valence-corrected chi connectivity index (χ1v) is 6.30. The van der Waals surface area contributed by atoms with Gasteiger partial charge in [-0.05, 0) is 25.2 Å². The molecule has 0 bridgehead atoms. The molecule has 0 spiro atoms. The second-order valence-corrected chi connectivity index (χ2v) is 4.41. The Balaban J connectivity index is 2.11. The Morgan fingerprint density at radius 3 is 2.80 bits per heavy atom. The van der Waals surface area contributed by atoms with E-state index in [1.807, 2.05) is 18.5 Å². The molecule has 2 heterocycles. The van der Waals surface area contributed by atoms with Crippen LogP contribution in [0.4, 0.5) is 5.82 Å². The molecule has 1 saturated heterocycles. The van der Waals surface area contributed by atoms with Gasteiger partial charge in [0.2, 0.25) is 0 Å². The summed E-state index contributed by atoms with van der Waals surface area (Å²) in [6.45, 7) is 6.08. The Hall–Kier alpha value is -1.03. The van der Waals surface area contributed by atoms with Crippen LogP contribution in [0.5, 0.6) is 0 Å². The highest BCUT2D eigenvalue weighted by molar-refractivity contribution is 7.98. The Morgan fingerprint density at radius 2 is 2.13 bits per heavy atom. The summed E-state index contributed by atoms with van der Waals surface area (Å²) >= 11 is 1.58. The summed E-state index contributed by atoms with van der Waals surface area (Å²) in [5, 5.41) is 0.844. The van der Waals surface area contributed by atoms with E-state index >= 15 is 0 Å². The summed E-state index contributed by atoms with van der Waals surface area (Å²) in [5.74, 6) is 1.04. The lowest BCUT2D eigenvalue weighted by molar-refractivity contribution is 0.673. The van der Waals surface area contributed by atoms with Gasteiger partial charge < -0.3 is 4.90 Å². The maximum Gasteiger partial charge on any atom is 0.189 e. The highest BCUT2D eigenvalue weighted by Gasteiger charge is 2.14. The molecule has 0 amide bonds. The molecule has 0 aromatic carbocycles. The highest BCUT2D eigenvalue weighted by Crippen LogP contribution is 2.21. The van der Waals surface area contributed by atoms with E-state index in [1.54, 1.807) is 11.8 Å². The molecular weight excluding hydrogens is 206 g/mol. The largest absolute Gasteiger partial charge is 0.356 e. The average Bonchev–Trinajstić information content (AvgIpc) is 2.30. The van der Waals surface area contributed by atoms with Crippen molar-refractivity contribution in [2.75, 3.05) is 24.2 Å². The second-order valence-electron chi connectivity index (χ2n) is 3.64. The van der Waals surface area contributed by atoms with Crippen molar-refractivity contribution in [3.8, 4) is 0 Å². The maximum absolute atomic E-state index is 4.49. The molecule has 0 unspecified atom stereocenters. The topological polar surface area (TPSA) is 29.0 Å². The maximum atomic E-state index is 4.49. The van der Waals surface area contributed by atoms with Crippen LogP contribution in [0.25, 0.3) is 0 Å². The van der Waals surface area contributed by atoms with Crippen molar-refractivity contribution in [1.82, 2.24) is 9.97 Å². The van der Waals surface area contributed by atoms with Gasteiger partial charge in [-0.3, -0.25) is 0 Å². The summed E-state index contributed by atoms with van der Waals surface area (Å²) in [6, 6.07) is 1.98. The quantitative estimate of drug-likeness (QED) is 0.435. The minimum absolute atomic E-state index is 0.844. The number of hydrogen-bond donors (Lipinski definition) is 0. The molecule has 1 aromatic rings. The molecule has 3 nitrogen and oxygen atoms in total. The number of thioether (sulfide) groups is 1. The molecule has 1 fully saturated rings. The van der Waals surface area contributed by atoms with E-state index in [1.165, 1.54) is 5.57 Å². The van der Waals surface area contributed by atoms with Gasteiger partial charge in [0, 0.05) is 19.3 Å². The van der Waals surface area contributed by atoms with E-state index in [-0.39, 0.29) is 0 Å². The summed E-state index contributed by atoms with van der Waals surface area (Å²) in [4.78, 5) is 11.0. The molecule has 0 N–H and O–H groups in total. The first-order valence-electron chi connectivity index (χ1n) is 5.08. The van der Waals surface area contributed by atoms with Crippen LogP contribution in [-0.2, 0) is 0 Å². The number of rotatable bonds is 2. The number of piperidine rings is 1. The molecule has 80 valence electrons. The van der Waals surface area contributed by atoms with Crippen molar-refractivity contribution in [3.05, 3.63) is 24.4 Å². The highest BCUT2D eigenvalue weighted by atomic mass is 32.2. The Labute approximate surface area is 94.6 Å². The molecule has 1 aliphatic heterocycles. The molecule has 1 aliphatic rings. The van der Waals surface area contributed by atoms with Crippen molar-refractivity contribution in [3.63, 3.8) is 0 Å². The first kappa shape index (κ1) is 10.5. The fraction of sp³-hybridized carbons (Fsp3) is 0.455. The van der Waals surface area contributed by atoms with E-state index in [0.717, 1.165) is 36.9 Å². The lowest BCUT2D eigenvalue weighted by Crippen LogP contribution is -2.31. The zero-order chi connectivity index (χ0) is 10.7. The van der Waals surface area contributed by atoms with E-state index in [2.05, 4.69) is 21.4 Å². The summed E-state index contributed by atoms with van der Waals surface area (Å²) in [6.07, 6.45) is 5.99. The summed E-state index contributed by atoms with van der Waals surface area (Å²) in [7, 11) is 0. The molecule has 0 aliphatic carbocycles. The smallest absolute Gasteiger partial charge is 0.189 e. The normalized spacial score (nSPS) is 16.9. The Morgan fingerprint density at radius 1 is 1.40 bits per heavy atom. The monoisotopic (exact) mass is 221 g/mol. The van der Waals surface area contributed by atoms with Crippen molar-refractivity contribution in [2.24, 2.45) is 0 Å². The summed E-state index contributed by atoms with van der Waals surface area (Å²) in [5.41, 5.74) is 1.35. The number of aromatic nitrogens is 2. The van der Waals surface area contributed by atoms with Gasteiger partial charge in [-0.2, -0.15) is 0 Å². The molecule has 1 aromatic heterocycles. The second kappa shape index (κ2) is 4.66. The van der Waals surface area contributed by atoms with Gasteiger partial charge >= 0.3 is 0 Å². The predicted octanol–water partition coefficient (Wildman–Crippen LogP) is 2.35. The van der Waals surface area contributed by atoms with Crippen LogP contribution in [0, 0.1) is 0 Å². The van der Waals surface area contributed by atoms with Gasteiger partial charge in [-0.25, -0.2) is 9.97 Å². The molecule has 0 saturated carbocycles. The SMILES string of the molecule is C=C1CCN(c2ccnc(SC)n2)CC1. The van der Waals surface area contributed by atoms with E-state index in [0.29, 0.717) is 0 Å². The number of hydrogen-bond acceptors (Lipinski definition) is 4. The molecule has 2 rings (SSSR count).